The number of hydrogen-bond acceptors (Lipinski definition) is 3. The van der Waals surface area contributed by atoms with Gasteiger partial charge < -0.3 is 14.2 Å². The summed E-state index contributed by atoms with van der Waals surface area (Å²) in [6, 6.07) is 4.26. The normalized spacial score (nSPS) is 23.1. The van der Waals surface area contributed by atoms with Crippen LogP contribution in [0.4, 0.5) is 4.39 Å². The Balaban J connectivity index is 2.09. The Morgan fingerprint density at radius 1 is 1.58 bits per heavy atom. The third-order valence-electron chi connectivity index (χ3n) is 2.79. The third kappa shape index (κ3) is 3.55. The molecule has 0 N–H and O–H groups in total. The van der Waals surface area contributed by atoms with E-state index in [9.17, 15) is 4.39 Å². The molecule has 1 aliphatic heterocycles. The smallest absolute Gasteiger partial charge is 0.163 e. The van der Waals surface area contributed by atoms with Gasteiger partial charge in [-0.3, -0.25) is 0 Å². The maximum absolute atomic E-state index is 13.0. The van der Waals surface area contributed by atoms with Gasteiger partial charge in [-0.15, -0.1) is 0 Å². The van der Waals surface area contributed by atoms with Crippen molar-refractivity contribution in [3.05, 3.63) is 41.1 Å². The largest absolute Gasteiger partial charge is 0.482 e. The predicted molar refractivity (Wildman–Crippen MR) is 73.6 cm³/mol. The molecular weight excluding hydrogens is 315 g/mol. The fourth-order valence-electron chi connectivity index (χ4n) is 1.87. The van der Waals surface area contributed by atoms with Gasteiger partial charge in [0.05, 0.1) is 11.1 Å². The fourth-order valence-corrected chi connectivity index (χ4v) is 2.31. The molecule has 3 nitrogen and oxygen atoms in total. The average Bonchev–Trinajstić information content (AvgIpc) is 2.69. The van der Waals surface area contributed by atoms with Gasteiger partial charge in [-0.25, -0.2) is 4.39 Å². The zero-order valence-corrected chi connectivity index (χ0v) is 12.4. The van der Waals surface area contributed by atoms with Crippen molar-refractivity contribution in [2.75, 3.05) is 6.61 Å². The van der Waals surface area contributed by atoms with Gasteiger partial charge in [0.15, 0.2) is 5.79 Å². The molecule has 0 aromatic heterocycles. The topological polar surface area (TPSA) is 27.7 Å². The molecule has 0 amide bonds. The zero-order chi connectivity index (χ0) is 14.0. The molecule has 2 atom stereocenters. The van der Waals surface area contributed by atoms with E-state index >= 15 is 0 Å². The van der Waals surface area contributed by atoms with Crippen LogP contribution in [0.15, 0.2) is 35.3 Å². The van der Waals surface area contributed by atoms with E-state index in [0.29, 0.717) is 16.8 Å². The molecule has 5 heteroatoms. The first-order chi connectivity index (χ1) is 8.91. The van der Waals surface area contributed by atoms with Crippen LogP contribution >= 0.6 is 15.9 Å². The summed E-state index contributed by atoms with van der Waals surface area (Å²) in [6.45, 7) is 7.88. The van der Waals surface area contributed by atoms with Crippen molar-refractivity contribution in [1.82, 2.24) is 0 Å². The van der Waals surface area contributed by atoms with Crippen molar-refractivity contribution in [3.63, 3.8) is 0 Å². The molecular formula is C14H16BrFO3. The maximum Gasteiger partial charge on any atom is 0.163 e. The number of ether oxygens (including phenoxy) is 3. The highest BCUT2D eigenvalue weighted by Gasteiger charge is 2.37. The SMILES string of the molecule is C=C[C@@H](Oc1ccc(F)cc1Br)[C@@H]1COC(C)(C)O1. The van der Waals surface area contributed by atoms with Gasteiger partial charge in [0, 0.05) is 0 Å². The predicted octanol–water partition coefficient (Wildman–Crippen LogP) is 3.67. The van der Waals surface area contributed by atoms with Gasteiger partial charge in [0.25, 0.3) is 0 Å². The second-order valence-corrected chi connectivity index (χ2v) is 5.61. The summed E-state index contributed by atoms with van der Waals surface area (Å²) in [5.41, 5.74) is 0. The van der Waals surface area contributed by atoms with Crippen molar-refractivity contribution >= 4 is 15.9 Å². The minimum absolute atomic E-state index is 0.232. The summed E-state index contributed by atoms with van der Waals surface area (Å²) in [5.74, 6) is -0.398. The van der Waals surface area contributed by atoms with Crippen molar-refractivity contribution in [2.45, 2.75) is 31.8 Å². The molecule has 0 aliphatic carbocycles. The van der Waals surface area contributed by atoms with Crippen molar-refractivity contribution < 1.29 is 18.6 Å². The van der Waals surface area contributed by atoms with Crippen LogP contribution in [-0.2, 0) is 9.47 Å². The van der Waals surface area contributed by atoms with Crippen LogP contribution in [0.25, 0.3) is 0 Å². The molecule has 1 aromatic carbocycles. The highest BCUT2D eigenvalue weighted by Crippen LogP contribution is 2.30. The van der Waals surface area contributed by atoms with Gasteiger partial charge >= 0.3 is 0 Å². The lowest BCUT2D eigenvalue weighted by Gasteiger charge is -2.23. The van der Waals surface area contributed by atoms with Crippen LogP contribution in [0.1, 0.15) is 13.8 Å². The average molecular weight is 331 g/mol. The Kier molecular flexibility index (Phi) is 4.28. The Morgan fingerprint density at radius 3 is 2.84 bits per heavy atom. The number of halogens is 2. The van der Waals surface area contributed by atoms with Crippen molar-refractivity contribution in [1.29, 1.82) is 0 Å². The summed E-state index contributed by atoms with van der Waals surface area (Å²) < 4.78 is 30.6. The molecule has 0 radical (unpaired) electrons. The molecule has 2 rings (SSSR count). The van der Waals surface area contributed by atoms with Crippen LogP contribution < -0.4 is 4.74 Å². The first kappa shape index (κ1) is 14.5. The lowest BCUT2D eigenvalue weighted by atomic mass is 10.2. The quantitative estimate of drug-likeness (QED) is 0.788. The Labute approximate surface area is 120 Å². The van der Waals surface area contributed by atoms with Crippen molar-refractivity contribution in [3.8, 4) is 5.75 Å². The monoisotopic (exact) mass is 330 g/mol. The van der Waals surface area contributed by atoms with Crippen LogP contribution in [0.2, 0.25) is 0 Å². The molecule has 1 fully saturated rings. The standard InChI is InChI=1S/C14H16BrFO3/c1-4-11(13-8-17-14(2,3)19-13)18-12-6-5-9(16)7-10(12)15/h4-7,11,13H,1,8H2,2-3H3/t11-,13+/m1/s1. The van der Waals surface area contributed by atoms with Gasteiger partial charge in [0.1, 0.15) is 23.8 Å². The van der Waals surface area contributed by atoms with Crippen LogP contribution in [0.5, 0.6) is 5.75 Å². The zero-order valence-electron chi connectivity index (χ0n) is 10.9. The number of benzene rings is 1. The Hall–Kier alpha value is -0.910. The highest BCUT2D eigenvalue weighted by atomic mass is 79.9. The summed E-state index contributed by atoms with van der Waals surface area (Å²) in [7, 11) is 0. The van der Waals surface area contributed by atoms with Crippen LogP contribution in [0, 0.1) is 5.82 Å². The molecule has 1 aromatic rings. The lowest BCUT2D eigenvalue weighted by Crippen LogP contribution is -2.33. The van der Waals surface area contributed by atoms with Gasteiger partial charge in [0.2, 0.25) is 0 Å². The van der Waals surface area contributed by atoms with Gasteiger partial charge in [-0.2, -0.15) is 0 Å². The molecule has 0 saturated carbocycles. The number of rotatable bonds is 4. The molecule has 104 valence electrons. The summed E-state index contributed by atoms with van der Waals surface area (Å²) in [5, 5.41) is 0. The Bertz CT molecular complexity index is 476. The molecule has 1 aliphatic rings. The minimum Gasteiger partial charge on any atom is -0.482 e. The first-order valence-electron chi connectivity index (χ1n) is 5.97. The van der Waals surface area contributed by atoms with Crippen molar-refractivity contribution in [2.24, 2.45) is 0 Å². The van der Waals surface area contributed by atoms with E-state index in [2.05, 4.69) is 22.5 Å². The summed E-state index contributed by atoms with van der Waals surface area (Å²) in [6.07, 6.45) is 1.07. The molecule has 1 saturated heterocycles. The highest BCUT2D eigenvalue weighted by molar-refractivity contribution is 9.10. The van der Waals surface area contributed by atoms with Gasteiger partial charge in [-0.1, -0.05) is 6.58 Å². The van der Waals surface area contributed by atoms with Crippen LogP contribution in [-0.4, -0.2) is 24.6 Å². The third-order valence-corrected chi connectivity index (χ3v) is 3.41. The van der Waals surface area contributed by atoms with E-state index < -0.39 is 5.79 Å². The molecule has 0 bridgehead atoms. The van der Waals surface area contributed by atoms with E-state index in [1.54, 1.807) is 12.1 Å². The van der Waals surface area contributed by atoms with E-state index in [1.807, 2.05) is 13.8 Å². The molecule has 1 heterocycles. The van der Waals surface area contributed by atoms with E-state index in [0.717, 1.165) is 0 Å². The molecule has 19 heavy (non-hydrogen) atoms. The van der Waals surface area contributed by atoms with E-state index in [1.165, 1.54) is 12.1 Å². The van der Waals surface area contributed by atoms with E-state index in [4.69, 9.17) is 14.2 Å². The summed E-state index contributed by atoms with van der Waals surface area (Å²) in [4.78, 5) is 0. The first-order valence-corrected chi connectivity index (χ1v) is 6.76. The summed E-state index contributed by atoms with van der Waals surface area (Å²) >= 11 is 3.26. The van der Waals surface area contributed by atoms with Crippen LogP contribution in [0.3, 0.4) is 0 Å². The Morgan fingerprint density at radius 2 is 2.32 bits per heavy atom. The lowest BCUT2D eigenvalue weighted by molar-refractivity contribution is -0.145. The molecule has 0 spiro atoms. The van der Waals surface area contributed by atoms with Gasteiger partial charge in [-0.05, 0) is 54.1 Å². The molecule has 0 unspecified atom stereocenters. The van der Waals surface area contributed by atoms with E-state index in [-0.39, 0.29) is 18.0 Å². The number of hydrogen-bond donors (Lipinski definition) is 0. The minimum atomic E-state index is -0.616. The fraction of sp³-hybridized carbons (Fsp3) is 0.429. The second-order valence-electron chi connectivity index (χ2n) is 4.76. The maximum atomic E-state index is 13.0. The second kappa shape index (κ2) is 5.61.